The van der Waals surface area contributed by atoms with Gasteiger partial charge in [0.1, 0.15) is 0 Å². The van der Waals surface area contributed by atoms with Crippen LogP contribution < -0.4 is 5.73 Å². The van der Waals surface area contributed by atoms with Gasteiger partial charge in [0.15, 0.2) is 0 Å². The molecular formula is C14H24BrN3. The van der Waals surface area contributed by atoms with Gasteiger partial charge in [-0.25, -0.2) is 0 Å². The van der Waals surface area contributed by atoms with E-state index in [4.69, 9.17) is 5.73 Å². The molecule has 3 nitrogen and oxygen atoms in total. The van der Waals surface area contributed by atoms with Crippen molar-refractivity contribution in [3.63, 3.8) is 0 Å². The molecule has 0 aromatic carbocycles. The van der Waals surface area contributed by atoms with Gasteiger partial charge >= 0.3 is 0 Å². The van der Waals surface area contributed by atoms with Crippen LogP contribution >= 0.6 is 15.9 Å². The van der Waals surface area contributed by atoms with Crippen molar-refractivity contribution in [2.45, 2.75) is 51.9 Å². The highest BCUT2D eigenvalue weighted by Crippen LogP contribution is 2.40. The maximum atomic E-state index is 6.08. The molecule has 1 aromatic heterocycles. The number of halogens is 1. The Morgan fingerprint density at radius 1 is 1.33 bits per heavy atom. The molecule has 0 saturated heterocycles. The van der Waals surface area contributed by atoms with Crippen molar-refractivity contribution in [1.82, 2.24) is 9.78 Å². The first-order chi connectivity index (χ1) is 8.62. The third-order valence-corrected chi connectivity index (χ3v) is 5.31. The first-order valence-electron chi connectivity index (χ1n) is 7.02. The molecule has 2 N–H and O–H groups in total. The molecule has 0 aliphatic heterocycles. The van der Waals surface area contributed by atoms with Gasteiger partial charge in [-0.05, 0) is 53.6 Å². The Kier molecular flexibility index (Phi) is 4.49. The largest absolute Gasteiger partial charge is 0.330 e. The summed E-state index contributed by atoms with van der Waals surface area (Å²) in [5.41, 5.74) is 8.87. The van der Waals surface area contributed by atoms with Crippen molar-refractivity contribution >= 4 is 15.9 Å². The fraction of sp³-hybridized carbons (Fsp3) is 0.786. The van der Waals surface area contributed by atoms with Gasteiger partial charge in [0.25, 0.3) is 0 Å². The van der Waals surface area contributed by atoms with Crippen LogP contribution in [0.4, 0.5) is 0 Å². The van der Waals surface area contributed by atoms with E-state index in [-0.39, 0.29) is 0 Å². The lowest BCUT2D eigenvalue weighted by molar-refractivity contribution is 0.193. The summed E-state index contributed by atoms with van der Waals surface area (Å²) in [6, 6.07) is 0. The van der Waals surface area contributed by atoms with Crippen LogP contribution in [0.25, 0.3) is 0 Å². The molecule has 1 fully saturated rings. The summed E-state index contributed by atoms with van der Waals surface area (Å²) in [4.78, 5) is 0. The number of hydrogen-bond acceptors (Lipinski definition) is 2. The Hall–Kier alpha value is -0.350. The van der Waals surface area contributed by atoms with E-state index in [0.29, 0.717) is 5.41 Å². The monoisotopic (exact) mass is 313 g/mol. The van der Waals surface area contributed by atoms with Crippen molar-refractivity contribution in [2.75, 3.05) is 6.54 Å². The van der Waals surface area contributed by atoms with E-state index in [9.17, 15) is 0 Å². The number of hydrogen-bond donors (Lipinski definition) is 1. The summed E-state index contributed by atoms with van der Waals surface area (Å²) in [7, 11) is 2.05. The van der Waals surface area contributed by atoms with Crippen LogP contribution in [0.5, 0.6) is 0 Å². The topological polar surface area (TPSA) is 43.8 Å². The van der Waals surface area contributed by atoms with Crippen LogP contribution in [0.1, 0.15) is 50.4 Å². The second kappa shape index (κ2) is 5.74. The molecular weight excluding hydrogens is 290 g/mol. The van der Waals surface area contributed by atoms with Crippen molar-refractivity contribution < 1.29 is 0 Å². The van der Waals surface area contributed by atoms with E-state index >= 15 is 0 Å². The molecule has 0 radical (unpaired) electrons. The third-order valence-electron chi connectivity index (χ3n) is 4.39. The highest BCUT2D eigenvalue weighted by molar-refractivity contribution is 9.10. The summed E-state index contributed by atoms with van der Waals surface area (Å²) < 4.78 is 3.24. The summed E-state index contributed by atoms with van der Waals surface area (Å²) in [5.74, 6) is 0. The Balaban J connectivity index is 2.24. The molecule has 1 heterocycles. The van der Waals surface area contributed by atoms with Crippen molar-refractivity contribution in [1.29, 1.82) is 0 Å². The SMILES string of the molecule is CCc1nn(C)c(CC2(CN)CCCCC2)c1Br. The maximum Gasteiger partial charge on any atom is 0.0766 e. The Morgan fingerprint density at radius 2 is 2.00 bits per heavy atom. The van der Waals surface area contributed by atoms with Crippen molar-refractivity contribution in [2.24, 2.45) is 18.2 Å². The summed E-state index contributed by atoms with van der Waals surface area (Å²) in [6.45, 7) is 2.95. The number of rotatable bonds is 4. The van der Waals surface area contributed by atoms with E-state index in [2.05, 4.69) is 28.0 Å². The zero-order valence-electron chi connectivity index (χ0n) is 11.5. The van der Waals surface area contributed by atoms with E-state index in [0.717, 1.165) is 25.1 Å². The minimum absolute atomic E-state index is 0.305. The molecule has 0 bridgehead atoms. The molecule has 0 amide bonds. The highest BCUT2D eigenvalue weighted by Gasteiger charge is 2.33. The van der Waals surface area contributed by atoms with Gasteiger partial charge in [0, 0.05) is 7.05 Å². The zero-order chi connectivity index (χ0) is 13.2. The van der Waals surface area contributed by atoms with E-state index in [1.165, 1.54) is 42.3 Å². The predicted octanol–water partition coefficient (Wildman–Crippen LogP) is 3.20. The summed E-state index contributed by atoms with van der Waals surface area (Å²) in [6.07, 6.45) is 8.60. The van der Waals surface area contributed by atoms with Gasteiger partial charge in [0.2, 0.25) is 0 Å². The molecule has 18 heavy (non-hydrogen) atoms. The van der Waals surface area contributed by atoms with E-state index in [1.54, 1.807) is 0 Å². The zero-order valence-corrected chi connectivity index (χ0v) is 13.1. The van der Waals surface area contributed by atoms with E-state index < -0.39 is 0 Å². The minimum atomic E-state index is 0.305. The Bertz CT molecular complexity index is 405. The molecule has 4 heteroatoms. The van der Waals surface area contributed by atoms with Crippen molar-refractivity contribution in [3.05, 3.63) is 15.9 Å². The summed E-state index contributed by atoms with van der Waals surface area (Å²) >= 11 is 3.72. The van der Waals surface area contributed by atoms with Crippen molar-refractivity contribution in [3.8, 4) is 0 Å². The standard InChI is InChI=1S/C14H24BrN3/c1-3-11-13(15)12(18(2)17-11)9-14(10-16)7-5-4-6-8-14/h3-10,16H2,1-2H3. The van der Waals surface area contributed by atoms with Gasteiger partial charge in [0.05, 0.1) is 15.9 Å². The van der Waals surface area contributed by atoms with Gasteiger partial charge < -0.3 is 5.73 Å². The number of aryl methyl sites for hydroxylation is 2. The smallest absolute Gasteiger partial charge is 0.0766 e. The average molecular weight is 314 g/mol. The molecule has 2 rings (SSSR count). The fourth-order valence-corrected chi connectivity index (χ4v) is 3.88. The second-order valence-electron chi connectivity index (χ2n) is 5.63. The summed E-state index contributed by atoms with van der Waals surface area (Å²) in [5, 5.41) is 4.59. The number of nitrogens with two attached hydrogens (primary N) is 1. The lowest BCUT2D eigenvalue weighted by Gasteiger charge is -2.36. The molecule has 1 aliphatic rings. The normalized spacial score (nSPS) is 19.1. The Morgan fingerprint density at radius 3 is 2.50 bits per heavy atom. The maximum absolute atomic E-state index is 6.08. The van der Waals surface area contributed by atoms with Crippen LogP contribution in [-0.2, 0) is 19.9 Å². The quantitative estimate of drug-likeness (QED) is 0.927. The Labute approximate surface area is 118 Å². The number of aromatic nitrogens is 2. The molecule has 0 spiro atoms. The van der Waals surface area contributed by atoms with E-state index in [1.807, 2.05) is 11.7 Å². The molecule has 0 atom stereocenters. The molecule has 1 aromatic rings. The van der Waals surface area contributed by atoms with Gasteiger partial charge in [-0.1, -0.05) is 26.2 Å². The highest BCUT2D eigenvalue weighted by atomic mass is 79.9. The van der Waals surface area contributed by atoms with Gasteiger partial charge in [-0.2, -0.15) is 5.10 Å². The van der Waals surface area contributed by atoms with Crippen LogP contribution in [0.15, 0.2) is 4.47 Å². The molecule has 1 aliphatic carbocycles. The van der Waals surface area contributed by atoms with Crippen LogP contribution in [0.3, 0.4) is 0 Å². The molecule has 102 valence electrons. The van der Waals surface area contributed by atoms with Gasteiger partial charge in [-0.15, -0.1) is 0 Å². The lowest BCUT2D eigenvalue weighted by Crippen LogP contribution is -2.35. The first kappa shape index (κ1) is 14.1. The lowest BCUT2D eigenvalue weighted by atomic mass is 9.71. The average Bonchev–Trinajstić information content (AvgIpc) is 2.67. The third kappa shape index (κ3) is 2.64. The minimum Gasteiger partial charge on any atom is -0.330 e. The molecule has 1 saturated carbocycles. The predicted molar refractivity (Wildman–Crippen MR) is 78.6 cm³/mol. The van der Waals surface area contributed by atoms with Gasteiger partial charge in [-0.3, -0.25) is 4.68 Å². The second-order valence-corrected chi connectivity index (χ2v) is 6.42. The fourth-order valence-electron chi connectivity index (χ4n) is 3.12. The van der Waals surface area contributed by atoms with Crippen LogP contribution in [0.2, 0.25) is 0 Å². The first-order valence-corrected chi connectivity index (χ1v) is 7.81. The number of nitrogens with zero attached hydrogens (tertiary/aromatic N) is 2. The van der Waals surface area contributed by atoms with Crippen LogP contribution in [-0.4, -0.2) is 16.3 Å². The van der Waals surface area contributed by atoms with Crippen LogP contribution in [0, 0.1) is 5.41 Å². The molecule has 0 unspecified atom stereocenters.